The molecular weight excluding hydrogens is 222 g/mol. The molecule has 3 nitrogen and oxygen atoms in total. The molecule has 16 heavy (non-hydrogen) atoms. The van der Waals surface area contributed by atoms with Gasteiger partial charge in [0.1, 0.15) is 0 Å². The van der Waals surface area contributed by atoms with Crippen LogP contribution in [-0.4, -0.2) is 32.5 Å². The fraction of sp³-hybridized carbons (Fsp3) is 1.00. The third kappa shape index (κ3) is 4.83. The number of rotatable bonds is 7. The summed E-state index contributed by atoms with van der Waals surface area (Å²) < 4.78 is 23.0. The van der Waals surface area contributed by atoms with Gasteiger partial charge in [0, 0.05) is 18.3 Å². The van der Waals surface area contributed by atoms with Crippen LogP contribution in [0, 0.1) is 5.92 Å². The highest BCUT2D eigenvalue weighted by atomic mass is 32.2. The summed E-state index contributed by atoms with van der Waals surface area (Å²) in [5, 5.41) is 3.36. The van der Waals surface area contributed by atoms with Crippen LogP contribution in [-0.2, 0) is 9.84 Å². The molecule has 96 valence electrons. The second-order valence-corrected chi connectivity index (χ2v) is 7.24. The van der Waals surface area contributed by atoms with E-state index in [2.05, 4.69) is 12.2 Å². The zero-order valence-corrected chi connectivity index (χ0v) is 11.4. The highest BCUT2D eigenvalue weighted by Crippen LogP contribution is 2.27. The van der Waals surface area contributed by atoms with Crippen molar-refractivity contribution in [1.29, 1.82) is 0 Å². The average molecular weight is 247 g/mol. The van der Waals surface area contributed by atoms with Gasteiger partial charge in [-0.05, 0) is 32.1 Å². The van der Waals surface area contributed by atoms with Gasteiger partial charge in [-0.1, -0.05) is 19.8 Å². The minimum atomic E-state index is -2.81. The summed E-state index contributed by atoms with van der Waals surface area (Å²) in [5.41, 5.74) is 0. The first kappa shape index (κ1) is 14.0. The van der Waals surface area contributed by atoms with E-state index in [0.717, 1.165) is 12.3 Å². The normalized spacial score (nSPS) is 20.1. The molecule has 0 bridgehead atoms. The maximum absolute atomic E-state index is 11.5. The smallest absolute Gasteiger partial charge is 0.151 e. The molecule has 0 radical (unpaired) electrons. The van der Waals surface area contributed by atoms with Gasteiger partial charge in [0.25, 0.3) is 0 Å². The molecule has 1 rings (SSSR count). The van der Waals surface area contributed by atoms with Crippen LogP contribution in [0.5, 0.6) is 0 Å². The van der Waals surface area contributed by atoms with Gasteiger partial charge in [0.15, 0.2) is 9.84 Å². The second-order valence-electron chi connectivity index (χ2n) is 4.94. The Bertz CT molecular complexity index is 281. The third-order valence-corrected chi connectivity index (χ3v) is 5.36. The van der Waals surface area contributed by atoms with E-state index >= 15 is 0 Å². The molecule has 0 aliphatic heterocycles. The minimum absolute atomic E-state index is 0.290. The van der Waals surface area contributed by atoms with Gasteiger partial charge in [-0.2, -0.15) is 0 Å². The molecule has 1 aliphatic rings. The highest BCUT2D eigenvalue weighted by Gasteiger charge is 2.21. The average Bonchev–Trinajstić information content (AvgIpc) is 2.69. The Balaban J connectivity index is 2.19. The molecule has 0 heterocycles. The van der Waals surface area contributed by atoms with Crippen molar-refractivity contribution in [3.8, 4) is 0 Å². The van der Waals surface area contributed by atoms with Crippen molar-refractivity contribution in [3.63, 3.8) is 0 Å². The fourth-order valence-electron chi connectivity index (χ4n) is 2.48. The molecule has 0 saturated heterocycles. The van der Waals surface area contributed by atoms with E-state index in [9.17, 15) is 8.42 Å². The number of sulfone groups is 1. The van der Waals surface area contributed by atoms with Crippen LogP contribution >= 0.6 is 0 Å². The monoisotopic (exact) mass is 247 g/mol. The van der Waals surface area contributed by atoms with Crippen LogP contribution in [0.15, 0.2) is 0 Å². The summed E-state index contributed by atoms with van der Waals surface area (Å²) in [6, 6.07) is 0.472. The van der Waals surface area contributed by atoms with Crippen LogP contribution in [0.4, 0.5) is 0 Å². The van der Waals surface area contributed by atoms with Crippen molar-refractivity contribution >= 4 is 9.84 Å². The molecule has 1 atom stereocenters. The first-order chi connectivity index (χ1) is 7.55. The summed E-state index contributed by atoms with van der Waals surface area (Å²) in [6.07, 6.45) is 6.00. The van der Waals surface area contributed by atoms with Gasteiger partial charge in [-0.25, -0.2) is 8.42 Å². The van der Waals surface area contributed by atoms with Gasteiger partial charge in [-0.3, -0.25) is 0 Å². The Labute approximate surface area is 99.9 Å². The highest BCUT2D eigenvalue weighted by molar-refractivity contribution is 7.91. The predicted octanol–water partition coefficient (Wildman–Crippen LogP) is 1.98. The molecule has 0 unspecified atom stereocenters. The second kappa shape index (κ2) is 6.60. The molecule has 4 heteroatoms. The lowest BCUT2D eigenvalue weighted by molar-refractivity contribution is 0.389. The molecule has 0 amide bonds. The number of nitrogens with one attached hydrogen (secondary N) is 1. The quantitative estimate of drug-likeness (QED) is 0.748. The van der Waals surface area contributed by atoms with Crippen LogP contribution in [0.1, 0.15) is 46.0 Å². The Hall–Kier alpha value is -0.0900. The zero-order chi connectivity index (χ0) is 12.0. The van der Waals surface area contributed by atoms with Crippen LogP contribution in [0.2, 0.25) is 0 Å². The summed E-state index contributed by atoms with van der Waals surface area (Å²) in [5.74, 6) is 1.37. The van der Waals surface area contributed by atoms with Crippen molar-refractivity contribution in [1.82, 2.24) is 5.32 Å². The molecule has 1 aliphatic carbocycles. The van der Waals surface area contributed by atoms with Gasteiger partial charge in [-0.15, -0.1) is 0 Å². The molecule has 1 saturated carbocycles. The van der Waals surface area contributed by atoms with Crippen LogP contribution in [0.3, 0.4) is 0 Å². The fourth-order valence-corrected chi connectivity index (χ4v) is 3.73. The lowest BCUT2D eigenvalue weighted by atomic mass is 10.00. The summed E-state index contributed by atoms with van der Waals surface area (Å²) >= 11 is 0. The van der Waals surface area contributed by atoms with Gasteiger partial charge < -0.3 is 5.32 Å². The summed E-state index contributed by atoms with van der Waals surface area (Å²) in [7, 11) is -2.81. The van der Waals surface area contributed by atoms with Crippen molar-refractivity contribution in [2.24, 2.45) is 5.92 Å². The van der Waals surface area contributed by atoms with E-state index < -0.39 is 9.84 Å². The third-order valence-electron chi connectivity index (χ3n) is 3.50. The zero-order valence-electron chi connectivity index (χ0n) is 10.5. The number of hydrogen-bond acceptors (Lipinski definition) is 3. The van der Waals surface area contributed by atoms with Crippen molar-refractivity contribution in [2.75, 3.05) is 18.1 Å². The van der Waals surface area contributed by atoms with Gasteiger partial charge >= 0.3 is 0 Å². The van der Waals surface area contributed by atoms with Crippen molar-refractivity contribution in [3.05, 3.63) is 0 Å². The summed E-state index contributed by atoms with van der Waals surface area (Å²) in [4.78, 5) is 0. The maximum atomic E-state index is 11.5. The largest absolute Gasteiger partial charge is 0.313 e. The standard InChI is InChI=1S/C12H25NO2S/c1-3-9-16(14,15)10-8-13-11(2)12-6-4-5-7-12/h11-13H,3-10H2,1-2H3/t11-/m0/s1. The van der Waals surface area contributed by atoms with Crippen LogP contribution in [0.25, 0.3) is 0 Å². The van der Waals surface area contributed by atoms with Crippen molar-refractivity contribution in [2.45, 2.75) is 52.0 Å². The van der Waals surface area contributed by atoms with Crippen LogP contribution < -0.4 is 5.32 Å². The lowest BCUT2D eigenvalue weighted by Crippen LogP contribution is -2.35. The molecule has 1 N–H and O–H groups in total. The van der Waals surface area contributed by atoms with E-state index in [1.807, 2.05) is 6.92 Å². The minimum Gasteiger partial charge on any atom is -0.313 e. The number of hydrogen-bond donors (Lipinski definition) is 1. The predicted molar refractivity (Wildman–Crippen MR) is 68.4 cm³/mol. The lowest BCUT2D eigenvalue weighted by Gasteiger charge is -2.20. The molecule has 0 aromatic carbocycles. The van der Waals surface area contributed by atoms with E-state index in [4.69, 9.17) is 0 Å². The SMILES string of the molecule is CCCS(=O)(=O)CCN[C@@H](C)C1CCCC1. The van der Waals surface area contributed by atoms with E-state index in [-0.39, 0.29) is 5.75 Å². The van der Waals surface area contributed by atoms with Crippen molar-refractivity contribution < 1.29 is 8.42 Å². The molecule has 0 spiro atoms. The van der Waals surface area contributed by atoms with E-state index in [1.165, 1.54) is 25.7 Å². The maximum Gasteiger partial charge on any atom is 0.151 e. The van der Waals surface area contributed by atoms with E-state index in [1.54, 1.807) is 0 Å². The van der Waals surface area contributed by atoms with Gasteiger partial charge in [0.2, 0.25) is 0 Å². The Morgan fingerprint density at radius 3 is 2.44 bits per heavy atom. The van der Waals surface area contributed by atoms with Gasteiger partial charge in [0.05, 0.1) is 5.75 Å². The molecule has 0 aromatic heterocycles. The summed E-state index contributed by atoms with van der Waals surface area (Å²) in [6.45, 7) is 4.70. The molecule has 1 fully saturated rings. The molecule has 0 aromatic rings. The van der Waals surface area contributed by atoms with E-state index in [0.29, 0.717) is 18.3 Å². The first-order valence-electron chi connectivity index (χ1n) is 6.49. The Morgan fingerprint density at radius 2 is 1.88 bits per heavy atom. The Morgan fingerprint density at radius 1 is 1.25 bits per heavy atom. The first-order valence-corrected chi connectivity index (χ1v) is 8.31. The Kier molecular flexibility index (Phi) is 5.76. The molecular formula is C12H25NO2S. The topological polar surface area (TPSA) is 46.2 Å².